The van der Waals surface area contributed by atoms with Gasteiger partial charge in [0.15, 0.2) is 0 Å². The summed E-state index contributed by atoms with van der Waals surface area (Å²) in [5, 5.41) is 0. The van der Waals surface area contributed by atoms with E-state index in [9.17, 15) is 0 Å². The Morgan fingerprint density at radius 1 is 1.29 bits per heavy atom. The molecule has 0 saturated heterocycles. The monoisotopic (exact) mass is 193 g/mol. The van der Waals surface area contributed by atoms with Crippen molar-refractivity contribution < 1.29 is 0 Å². The van der Waals surface area contributed by atoms with Crippen molar-refractivity contribution in [2.24, 2.45) is 11.7 Å². The zero-order valence-corrected chi connectivity index (χ0v) is 8.98. The Kier molecular flexibility index (Phi) is 4.53. The molecule has 3 nitrogen and oxygen atoms in total. The third kappa shape index (κ3) is 3.07. The molecule has 0 spiro atoms. The van der Waals surface area contributed by atoms with Crippen molar-refractivity contribution >= 4 is 0 Å². The van der Waals surface area contributed by atoms with E-state index in [0.717, 1.165) is 12.1 Å². The summed E-state index contributed by atoms with van der Waals surface area (Å²) in [7, 11) is 0. The number of hydrogen-bond donors (Lipinski definition) is 1. The largest absolute Gasteiger partial charge is 0.323 e. The highest BCUT2D eigenvalue weighted by atomic mass is 14.8. The first kappa shape index (κ1) is 11.1. The molecule has 0 bridgehead atoms. The third-order valence-electron chi connectivity index (χ3n) is 2.71. The molecule has 1 rings (SSSR count). The van der Waals surface area contributed by atoms with Gasteiger partial charge in [0.25, 0.3) is 0 Å². The second-order valence-electron chi connectivity index (χ2n) is 3.65. The molecule has 0 aromatic carbocycles. The van der Waals surface area contributed by atoms with Gasteiger partial charge >= 0.3 is 0 Å². The van der Waals surface area contributed by atoms with E-state index in [1.54, 1.807) is 18.6 Å². The van der Waals surface area contributed by atoms with Crippen LogP contribution in [-0.4, -0.2) is 9.97 Å². The normalized spacial score (nSPS) is 13.1. The Bertz CT molecular complexity index is 244. The van der Waals surface area contributed by atoms with Crippen LogP contribution in [-0.2, 0) is 0 Å². The molecule has 1 heterocycles. The molecule has 0 saturated carbocycles. The van der Waals surface area contributed by atoms with Gasteiger partial charge in [0, 0.05) is 24.6 Å². The molecule has 1 unspecified atom stereocenters. The molecule has 0 amide bonds. The van der Waals surface area contributed by atoms with Crippen LogP contribution in [0.1, 0.15) is 44.8 Å². The highest BCUT2D eigenvalue weighted by Gasteiger charge is 2.12. The number of nitrogens with zero attached hydrogens (tertiary/aromatic N) is 2. The zero-order valence-electron chi connectivity index (χ0n) is 8.98. The maximum Gasteiger partial charge on any atom is 0.0753 e. The summed E-state index contributed by atoms with van der Waals surface area (Å²) in [5.74, 6) is 0.701. The predicted octanol–water partition coefficient (Wildman–Crippen LogP) is 2.30. The second-order valence-corrected chi connectivity index (χ2v) is 3.65. The SMILES string of the molecule is CCC(CC)CC(N)c1cnccn1. The molecule has 78 valence electrons. The lowest BCUT2D eigenvalue weighted by atomic mass is 9.94. The number of hydrogen-bond acceptors (Lipinski definition) is 3. The number of nitrogens with two attached hydrogens (primary N) is 1. The van der Waals surface area contributed by atoms with Crippen molar-refractivity contribution in [1.82, 2.24) is 9.97 Å². The minimum absolute atomic E-state index is 0.0357. The van der Waals surface area contributed by atoms with Crippen LogP contribution in [0.15, 0.2) is 18.6 Å². The lowest BCUT2D eigenvalue weighted by molar-refractivity contribution is 0.410. The summed E-state index contributed by atoms with van der Waals surface area (Å²) in [5.41, 5.74) is 6.95. The molecule has 0 aliphatic rings. The van der Waals surface area contributed by atoms with Crippen LogP contribution in [0.25, 0.3) is 0 Å². The maximum absolute atomic E-state index is 6.04. The van der Waals surface area contributed by atoms with Crippen LogP contribution in [0, 0.1) is 5.92 Å². The van der Waals surface area contributed by atoms with Gasteiger partial charge in [0.1, 0.15) is 0 Å². The van der Waals surface area contributed by atoms with Gasteiger partial charge in [-0.1, -0.05) is 26.7 Å². The molecule has 1 atom stereocenters. The zero-order chi connectivity index (χ0) is 10.4. The van der Waals surface area contributed by atoms with Crippen molar-refractivity contribution in [2.75, 3.05) is 0 Å². The summed E-state index contributed by atoms with van der Waals surface area (Å²) in [6.07, 6.45) is 8.50. The fraction of sp³-hybridized carbons (Fsp3) is 0.636. The van der Waals surface area contributed by atoms with E-state index in [4.69, 9.17) is 5.73 Å². The Labute approximate surface area is 85.8 Å². The molecular weight excluding hydrogens is 174 g/mol. The van der Waals surface area contributed by atoms with Crippen LogP contribution >= 0.6 is 0 Å². The first-order valence-corrected chi connectivity index (χ1v) is 5.29. The number of rotatable bonds is 5. The molecule has 1 aromatic heterocycles. The standard InChI is InChI=1S/C11H19N3/c1-3-9(4-2)7-10(12)11-8-13-5-6-14-11/h5-6,8-10H,3-4,7,12H2,1-2H3. The van der Waals surface area contributed by atoms with Gasteiger partial charge in [0.2, 0.25) is 0 Å². The number of aromatic nitrogens is 2. The van der Waals surface area contributed by atoms with Gasteiger partial charge in [0.05, 0.1) is 5.69 Å². The third-order valence-corrected chi connectivity index (χ3v) is 2.71. The van der Waals surface area contributed by atoms with Gasteiger partial charge in [-0.05, 0) is 12.3 Å². The van der Waals surface area contributed by atoms with Crippen LogP contribution < -0.4 is 5.73 Å². The molecule has 1 aromatic rings. The van der Waals surface area contributed by atoms with E-state index in [2.05, 4.69) is 23.8 Å². The second kappa shape index (κ2) is 5.70. The van der Waals surface area contributed by atoms with Crippen molar-refractivity contribution in [3.05, 3.63) is 24.3 Å². The minimum atomic E-state index is 0.0357. The van der Waals surface area contributed by atoms with Gasteiger partial charge < -0.3 is 5.73 Å². The quantitative estimate of drug-likeness (QED) is 0.780. The Balaban J connectivity index is 2.54. The summed E-state index contributed by atoms with van der Waals surface area (Å²) < 4.78 is 0. The van der Waals surface area contributed by atoms with Crippen LogP contribution in [0.5, 0.6) is 0 Å². The minimum Gasteiger partial charge on any atom is -0.323 e. The van der Waals surface area contributed by atoms with Crippen molar-refractivity contribution in [3.63, 3.8) is 0 Å². The topological polar surface area (TPSA) is 51.8 Å². The molecule has 3 heteroatoms. The van der Waals surface area contributed by atoms with Gasteiger partial charge in [-0.3, -0.25) is 9.97 Å². The summed E-state index contributed by atoms with van der Waals surface area (Å²) in [6.45, 7) is 4.41. The van der Waals surface area contributed by atoms with E-state index in [-0.39, 0.29) is 6.04 Å². The van der Waals surface area contributed by atoms with E-state index >= 15 is 0 Å². The molecule has 0 radical (unpaired) electrons. The van der Waals surface area contributed by atoms with E-state index in [1.807, 2.05) is 0 Å². The van der Waals surface area contributed by atoms with Crippen LogP contribution in [0.3, 0.4) is 0 Å². The van der Waals surface area contributed by atoms with E-state index in [1.165, 1.54) is 12.8 Å². The highest BCUT2D eigenvalue weighted by Crippen LogP contribution is 2.21. The van der Waals surface area contributed by atoms with Crippen molar-refractivity contribution in [3.8, 4) is 0 Å². The summed E-state index contributed by atoms with van der Waals surface area (Å²) >= 11 is 0. The average Bonchev–Trinajstić information content (AvgIpc) is 2.26. The molecule has 0 aliphatic heterocycles. The highest BCUT2D eigenvalue weighted by molar-refractivity contribution is 5.01. The summed E-state index contributed by atoms with van der Waals surface area (Å²) in [4.78, 5) is 8.24. The molecule has 14 heavy (non-hydrogen) atoms. The van der Waals surface area contributed by atoms with E-state index in [0.29, 0.717) is 5.92 Å². The van der Waals surface area contributed by atoms with Crippen molar-refractivity contribution in [1.29, 1.82) is 0 Å². The smallest absolute Gasteiger partial charge is 0.0753 e. The fourth-order valence-corrected chi connectivity index (χ4v) is 1.60. The predicted molar refractivity (Wildman–Crippen MR) is 57.6 cm³/mol. The van der Waals surface area contributed by atoms with Crippen LogP contribution in [0.4, 0.5) is 0 Å². The Morgan fingerprint density at radius 2 is 2.00 bits per heavy atom. The molecular formula is C11H19N3. The van der Waals surface area contributed by atoms with Gasteiger partial charge in [-0.15, -0.1) is 0 Å². The Hall–Kier alpha value is -0.960. The van der Waals surface area contributed by atoms with Crippen LogP contribution in [0.2, 0.25) is 0 Å². The van der Waals surface area contributed by atoms with Gasteiger partial charge in [-0.2, -0.15) is 0 Å². The first-order valence-electron chi connectivity index (χ1n) is 5.29. The van der Waals surface area contributed by atoms with Crippen molar-refractivity contribution in [2.45, 2.75) is 39.2 Å². The lowest BCUT2D eigenvalue weighted by Gasteiger charge is -2.17. The van der Waals surface area contributed by atoms with Gasteiger partial charge in [-0.25, -0.2) is 0 Å². The maximum atomic E-state index is 6.04. The first-order chi connectivity index (χ1) is 6.77. The molecule has 2 N–H and O–H groups in total. The van der Waals surface area contributed by atoms with E-state index < -0.39 is 0 Å². The molecule has 0 fully saturated rings. The fourth-order valence-electron chi connectivity index (χ4n) is 1.60. The lowest BCUT2D eigenvalue weighted by Crippen LogP contribution is -2.16. The molecule has 0 aliphatic carbocycles. The summed E-state index contributed by atoms with van der Waals surface area (Å²) in [6, 6.07) is 0.0357. The Morgan fingerprint density at radius 3 is 2.50 bits per heavy atom. The average molecular weight is 193 g/mol.